The maximum atomic E-state index is 13.6. The number of anilines is 5. The molecule has 4 aromatic heterocycles. The SMILES string of the molecule is C=CCn1c(=O)c2cnc(Nc3ccc(N4CCN(C[C@H]5CN(c6ccc7c(N8CCC(=O)NC8=O)nn(C)c7c6)CCO5)CC4)cc3)nc2n1-c1ccc2c(n1)[C@@](O)(CC)CC2. The van der Waals surface area contributed by atoms with Gasteiger partial charge in [0, 0.05) is 94.5 Å². The molecule has 4 aliphatic rings. The van der Waals surface area contributed by atoms with E-state index in [2.05, 4.69) is 66.3 Å². The summed E-state index contributed by atoms with van der Waals surface area (Å²) in [6, 6.07) is 17.9. The number of ether oxygens (including phenoxy) is 1. The number of morpholine rings is 1. The standard InChI is InChI=1S/C45H51N13O5/c1-4-17-57-42(60)35-26-46-43(50-40(35)58(57)37-13-6-29-14-16-45(62,5-2)39(29)48-37)47-30-7-9-31(10-8-30)54-21-19-53(20-22-54)27-33-28-55(23-24-63-33)32-11-12-34-36(25-32)52(3)51-41(34)56-18-15-38(59)49-44(56)61/h4,6-13,25-26,33,62H,1,5,14-24,27-28H2,2-3H3,(H,46,47,50)(H,49,59,61)/t33-,45+/m0/s1. The van der Waals surface area contributed by atoms with Crippen LogP contribution in [0, 0.1) is 0 Å². The van der Waals surface area contributed by atoms with E-state index in [9.17, 15) is 19.5 Å². The Hall–Kier alpha value is -6.63. The third-order valence-electron chi connectivity index (χ3n) is 12.9. The van der Waals surface area contributed by atoms with Crippen molar-refractivity contribution in [2.24, 2.45) is 7.05 Å². The zero-order chi connectivity index (χ0) is 43.4. The first-order chi connectivity index (χ1) is 30.6. The molecule has 0 radical (unpaired) electrons. The highest BCUT2D eigenvalue weighted by Gasteiger charge is 2.37. The van der Waals surface area contributed by atoms with Gasteiger partial charge in [0.15, 0.2) is 17.3 Å². The predicted molar refractivity (Wildman–Crippen MR) is 240 cm³/mol. The minimum atomic E-state index is -0.999. The Morgan fingerprint density at radius 3 is 2.54 bits per heavy atom. The van der Waals surface area contributed by atoms with Gasteiger partial charge in [-0.1, -0.05) is 19.1 Å². The summed E-state index contributed by atoms with van der Waals surface area (Å²) in [7, 11) is 1.87. The highest BCUT2D eigenvalue weighted by Crippen LogP contribution is 2.39. The number of benzene rings is 2. The molecular weight excluding hydrogens is 803 g/mol. The Bertz CT molecular complexity index is 2810. The van der Waals surface area contributed by atoms with Gasteiger partial charge in [0.2, 0.25) is 11.9 Å². The molecular formula is C45H51N13O5. The van der Waals surface area contributed by atoms with Crippen LogP contribution >= 0.6 is 0 Å². The van der Waals surface area contributed by atoms with E-state index >= 15 is 0 Å². The first-order valence-electron chi connectivity index (χ1n) is 21.7. The van der Waals surface area contributed by atoms with Gasteiger partial charge in [-0.3, -0.25) is 29.4 Å². The van der Waals surface area contributed by atoms with Crippen molar-refractivity contribution >= 4 is 62.7 Å². The molecule has 0 bridgehead atoms. The highest BCUT2D eigenvalue weighted by atomic mass is 16.5. The number of urea groups is 1. The number of imide groups is 1. The van der Waals surface area contributed by atoms with Crippen LogP contribution in [0.5, 0.6) is 0 Å². The molecule has 18 nitrogen and oxygen atoms in total. The minimum Gasteiger partial charge on any atom is -0.384 e. The first kappa shape index (κ1) is 40.4. The molecule has 6 aromatic rings. The maximum Gasteiger partial charge on any atom is 0.329 e. The molecule has 2 aromatic carbocycles. The van der Waals surface area contributed by atoms with Crippen LogP contribution in [0.1, 0.15) is 37.4 Å². The fourth-order valence-electron chi connectivity index (χ4n) is 9.43. The third-order valence-corrected chi connectivity index (χ3v) is 12.9. The van der Waals surface area contributed by atoms with Crippen LogP contribution in [0.3, 0.4) is 0 Å². The molecule has 3 fully saturated rings. The number of nitrogens with zero attached hydrogens (tertiary/aromatic N) is 11. The van der Waals surface area contributed by atoms with Crippen molar-refractivity contribution in [2.75, 3.05) is 79.0 Å². The summed E-state index contributed by atoms with van der Waals surface area (Å²) in [6.07, 6.45) is 5.44. The number of hydrogen-bond donors (Lipinski definition) is 3. The number of carbonyl (C=O) groups is 2. The lowest BCUT2D eigenvalue weighted by Crippen LogP contribution is -2.52. The van der Waals surface area contributed by atoms with Gasteiger partial charge in [-0.25, -0.2) is 24.1 Å². The van der Waals surface area contributed by atoms with Gasteiger partial charge in [0.05, 0.1) is 30.5 Å². The molecule has 7 heterocycles. The third kappa shape index (κ3) is 7.46. The second kappa shape index (κ2) is 16.2. The molecule has 0 saturated carbocycles. The van der Waals surface area contributed by atoms with Crippen LogP contribution in [0.4, 0.5) is 33.6 Å². The lowest BCUT2D eigenvalue weighted by Gasteiger charge is -2.40. The first-order valence-corrected chi connectivity index (χ1v) is 21.7. The van der Waals surface area contributed by atoms with Gasteiger partial charge < -0.3 is 25.0 Å². The number of aryl methyl sites for hydroxylation is 2. The topological polar surface area (TPSA) is 184 Å². The number of aliphatic hydroxyl groups is 1. The van der Waals surface area contributed by atoms with Crippen LogP contribution in [0.15, 0.2) is 78.2 Å². The summed E-state index contributed by atoms with van der Waals surface area (Å²) in [6.45, 7) is 13.0. The summed E-state index contributed by atoms with van der Waals surface area (Å²) >= 11 is 0. The van der Waals surface area contributed by atoms with Crippen molar-refractivity contribution in [3.05, 3.63) is 95.1 Å². The summed E-state index contributed by atoms with van der Waals surface area (Å²) in [5, 5.41) is 22.9. The van der Waals surface area contributed by atoms with E-state index in [-0.39, 0.29) is 30.5 Å². The summed E-state index contributed by atoms with van der Waals surface area (Å²) in [4.78, 5) is 60.8. The molecule has 63 heavy (non-hydrogen) atoms. The van der Waals surface area contributed by atoms with Gasteiger partial charge in [0.25, 0.3) is 5.56 Å². The number of nitrogens with one attached hydrogen (secondary N) is 2. The Kier molecular flexibility index (Phi) is 10.4. The monoisotopic (exact) mass is 853 g/mol. The Labute approximate surface area is 363 Å². The average molecular weight is 854 g/mol. The second-order valence-corrected chi connectivity index (χ2v) is 16.8. The highest BCUT2D eigenvalue weighted by molar-refractivity contribution is 6.09. The number of fused-ring (bicyclic) bond motifs is 3. The number of rotatable bonds is 11. The van der Waals surface area contributed by atoms with Gasteiger partial charge in [-0.05, 0) is 73.4 Å². The van der Waals surface area contributed by atoms with Crippen molar-refractivity contribution in [2.45, 2.75) is 50.9 Å². The molecule has 2 atom stereocenters. The van der Waals surface area contributed by atoms with E-state index in [1.807, 2.05) is 44.3 Å². The normalized spacial score (nSPS) is 20.7. The van der Waals surface area contributed by atoms with Crippen LogP contribution in [0.2, 0.25) is 0 Å². The molecule has 1 aliphatic carbocycles. The maximum absolute atomic E-state index is 13.6. The number of amides is 3. The molecule has 0 unspecified atom stereocenters. The molecule has 3 saturated heterocycles. The Balaban J connectivity index is 0.770. The second-order valence-electron chi connectivity index (χ2n) is 16.8. The Morgan fingerprint density at radius 1 is 0.952 bits per heavy atom. The smallest absolute Gasteiger partial charge is 0.329 e. The van der Waals surface area contributed by atoms with E-state index in [4.69, 9.17) is 14.7 Å². The summed E-state index contributed by atoms with van der Waals surface area (Å²) in [5.41, 5.74) is 4.79. The van der Waals surface area contributed by atoms with E-state index in [0.717, 1.165) is 85.8 Å². The molecule has 326 valence electrons. The number of hydrogen-bond acceptors (Lipinski definition) is 13. The van der Waals surface area contributed by atoms with E-state index in [1.54, 1.807) is 26.3 Å². The van der Waals surface area contributed by atoms with Crippen molar-refractivity contribution in [3.63, 3.8) is 0 Å². The lowest BCUT2D eigenvalue weighted by molar-refractivity contribution is -0.120. The Morgan fingerprint density at radius 2 is 1.76 bits per heavy atom. The summed E-state index contributed by atoms with van der Waals surface area (Å²) in [5.74, 6) is 1.13. The average Bonchev–Trinajstić information content (AvgIpc) is 3.91. The zero-order valence-electron chi connectivity index (χ0n) is 35.5. The molecule has 3 N–H and O–H groups in total. The zero-order valence-corrected chi connectivity index (χ0v) is 35.5. The number of allylic oxidation sites excluding steroid dienone is 1. The molecule has 3 amide bonds. The largest absolute Gasteiger partial charge is 0.384 e. The van der Waals surface area contributed by atoms with E-state index in [1.165, 1.54) is 4.90 Å². The number of carbonyl (C=O) groups excluding carboxylic acids is 2. The number of pyridine rings is 1. The molecule has 3 aliphatic heterocycles. The lowest BCUT2D eigenvalue weighted by atomic mass is 9.98. The van der Waals surface area contributed by atoms with Crippen LogP contribution in [-0.4, -0.2) is 121 Å². The van der Waals surface area contributed by atoms with E-state index in [0.29, 0.717) is 60.3 Å². The van der Waals surface area contributed by atoms with Crippen molar-refractivity contribution < 1.29 is 19.4 Å². The van der Waals surface area contributed by atoms with Crippen molar-refractivity contribution in [1.29, 1.82) is 0 Å². The van der Waals surface area contributed by atoms with Gasteiger partial charge in [-0.15, -0.1) is 6.58 Å². The fraction of sp³-hybridized carbons (Fsp3) is 0.400. The summed E-state index contributed by atoms with van der Waals surface area (Å²) < 4.78 is 11.3. The molecule has 10 rings (SSSR count). The van der Waals surface area contributed by atoms with Crippen LogP contribution < -0.4 is 30.9 Å². The predicted octanol–water partition coefficient (Wildman–Crippen LogP) is 3.81. The molecule has 18 heteroatoms. The van der Waals surface area contributed by atoms with Gasteiger partial charge in [-0.2, -0.15) is 10.1 Å². The van der Waals surface area contributed by atoms with Crippen molar-refractivity contribution in [1.82, 2.24) is 44.3 Å². The minimum absolute atomic E-state index is 0.0606. The fourth-order valence-corrected chi connectivity index (χ4v) is 9.43. The van der Waals surface area contributed by atoms with E-state index < -0.39 is 11.6 Å². The van der Waals surface area contributed by atoms with Gasteiger partial charge in [0.1, 0.15) is 11.0 Å². The quantitative estimate of drug-likeness (QED) is 0.160. The van der Waals surface area contributed by atoms with Crippen molar-refractivity contribution in [3.8, 4) is 5.82 Å². The molecule has 0 spiro atoms. The van der Waals surface area contributed by atoms with Gasteiger partial charge >= 0.3 is 6.03 Å². The van der Waals surface area contributed by atoms with Crippen LogP contribution in [-0.2, 0) is 35.1 Å². The number of aromatic nitrogens is 7. The number of piperazine rings is 1. The van der Waals surface area contributed by atoms with Crippen LogP contribution in [0.25, 0.3) is 27.8 Å².